The first-order chi connectivity index (χ1) is 11.6. The molecule has 0 unspecified atom stereocenters. The SMILES string of the molecule is Cc1cccc(OCCOC(=O)c2cc(=O)c3ccccc3o2)c1. The first kappa shape index (κ1) is 15.8. The normalized spacial score (nSPS) is 10.5. The van der Waals surface area contributed by atoms with E-state index < -0.39 is 5.97 Å². The molecule has 0 N–H and O–H groups in total. The molecule has 0 aliphatic heterocycles. The van der Waals surface area contributed by atoms with Crippen molar-refractivity contribution in [1.82, 2.24) is 0 Å². The van der Waals surface area contributed by atoms with Crippen LogP contribution < -0.4 is 10.2 Å². The topological polar surface area (TPSA) is 65.7 Å². The second-order valence-corrected chi connectivity index (χ2v) is 5.27. The number of para-hydroxylation sites is 1. The Bertz CT molecular complexity index is 926. The largest absolute Gasteiger partial charge is 0.490 e. The highest BCUT2D eigenvalue weighted by Crippen LogP contribution is 2.13. The summed E-state index contributed by atoms with van der Waals surface area (Å²) >= 11 is 0. The van der Waals surface area contributed by atoms with Crippen molar-refractivity contribution in [3.63, 3.8) is 0 Å². The number of aryl methyl sites for hydroxylation is 1. The van der Waals surface area contributed by atoms with Gasteiger partial charge in [-0.3, -0.25) is 4.79 Å². The van der Waals surface area contributed by atoms with Gasteiger partial charge in [0.05, 0.1) is 5.39 Å². The zero-order valence-corrected chi connectivity index (χ0v) is 13.2. The van der Waals surface area contributed by atoms with Gasteiger partial charge in [-0.05, 0) is 36.8 Å². The highest BCUT2D eigenvalue weighted by molar-refractivity contribution is 5.88. The van der Waals surface area contributed by atoms with Crippen molar-refractivity contribution >= 4 is 16.9 Å². The Balaban J connectivity index is 1.60. The number of hydrogen-bond donors (Lipinski definition) is 0. The lowest BCUT2D eigenvalue weighted by atomic mass is 10.2. The number of carbonyl (C=O) groups is 1. The Morgan fingerprint density at radius 2 is 1.88 bits per heavy atom. The molecule has 0 amide bonds. The molecule has 0 bridgehead atoms. The van der Waals surface area contributed by atoms with Crippen LogP contribution in [-0.2, 0) is 4.74 Å². The monoisotopic (exact) mass is 324 g/mol. The van der Waals surface area contributed by atoms with Crippen LogP contribution in [0.15, 0.2) is 63.8 Å². The van der Waals surface area contributed by atoms with E-state index >= 15 is 0 Å². The summed E-state index contributed by atoms with van der Waals surface area (Å²) in [6.45, 7) is 2.24. The predicted octanol–water partition coefficient (Wildman–Crippen LogP) is 3.34. The highest BCUT2D eigenvalue weighted by atomic mass is 16.6. The lowest BCUT2D eigenvalue weighted by Gasteiger charge is -2.08. The van der Waals surface area contributed by atoms with E-state index in [4.69, 9.17) is 13.9 Å². The standard InChI is InChI=1S/C19H16O5/c1-13-5-4-6-14(11-13)22-9-10-23-19(21)18-12-16(20)15-7-2-3-8-17(15)24-18/h2-8,11-12H,9-10H2,1H3. The molecule has 1 heterocycles. The maximum atomic E-state index is 12.0. The Hall–Kier alpha value is -3.08. The van der Waals surface area contributed by atoms with Gasteiger partial charge in [-0.2, -0.15) is 0 Å². The summed E-state index contributed by atoms with van der Waals surface area (Å²) in [4.78, 5) is 24.0. The van der Waals surface area contributed by atoms with Gasteiger partial charge in [0.1, 0.15) is 24.5 Å². The van der Waals surface area contributed by atoms with E-state index in [1.54, 1.807) is 24.3 Å². The molecule has 0 aliphatic carbocycles. The molecule has 122 valence electrons. The summed E-state index contributed by atoms with van der Waals surface area (Å²) < 4.78 is 16.0. The van der Waals surface area contributed by atoms with Crippen LogP contribution in [0.2, 0.25) is 0 Å². The Morgan fingerprint density at radius 3 is 2.71 bits per heavy atom. The summed E-state index contributed by atoms with van der Waals surface area (Å²) in [5.74, 6) is -0.0942. The lowest BCUT2D eigenvalue weighted by Crippen LogP contribution is -2.14. The van der Waals surface area contributed by atoms with Crippen LogP contribution >= 0.6 is 0 Å². The van der Waals surface area contributed by atoms with E-state index in [0.717, 1.165) is 11.6 Å². The van der Waals surface area contributed by atoms with Crippen molar-refractivity contribution in [3.05, 3.63) is 76.1 Å². The van der Waals surface area contributed by atoms with Gasteiger partial charge < -0.3 is 13.9 Å². The summed E-state index contributed by atoms with van der Waals surface area (Å²) in [5.41, 5.74) is 1.16. The molecule has 3 rings (SSSR count). The molecule has 0 saturated heterocycles. The average Bonchev–Trinajstić information content (AvgIpc) is 2.58. The zero-order chi connectivity index (χ0) is 16.9. The minimum atomic E-state index is -0.689. The first-order valence-corrected chi connectivity index (χ1v) is 7.53. The minimum Gasteiger partial charge on any atom is -0.490 e. The van der Waals surface area contributed by atoms with Crippen LogP contribution in [0.25, 0.3) is 11.0 Å². The molecule has 2 aromatic carbocycles. The van der Waals surface area contributed by atoms with Crippen molar-refractivity contribution in [3.8, 4) is 5.75 Å². The van der Waals surface area contributed by atoms with Crippen LogP contribution in [0.1, 0.15) is 16.1 Å². The maximum Gasteiger partial charge on any atom is 0.374 e. The number of hydrogen-bond acceptors (Lipinski definition) is 5. The van der Waals surface area contributed by atoms with Gasteiger partial charge in [0.15, 0.2) is 5.43 Å². The number of rotatable bonds is 5. The second kappa shape index (κ2) is 7.00. The molecule has 0 radical (unpaired) electrons. The Labute approximate surface area is 138 Å². The molecule has 24 heavy (non-hydrogen) atoms. The second-order valence-electron chi connectivity index (χ2n) is 5.27. The molecular formula is C19H16O5. The third-order valence-electron chi connectivity index (χ3n) is 3.41. The molecule has 0 saturated carbocycles. The zero-order valence-electron chi connectivity index (χ0n) is 13.2. The van der Waals surface area contributed by atoms with Crippen LogP contribution in [0.4, 0.5) is 0 Å². The van der Waals surface area contributed by atoms with E-state index in [1.165, 1.54) is 0 Å². The van der Waals surface area contributed by atoms with Crippen LogP contribution in [0.3, 0.4) is 0 Å². The van der Waals surface area contributed by atoms with Gasteiger partial charge in [-0.25, -0.2) is 4.79 Å². The third kappa shape index (κ3) is 3.63. The molecule has 0 atom stereocenters. The molecule has 5 heteroatoms. The first-order valence-electron chi connectivity index (χ1n) is 7.53. The smallest absolute Gasteiger partial charge is 0.374 e. The Morgan fingerprint density at radius 1 is 1.04 bits per heavy atom. The third-order valence-corrected chi connectivity index (χ3v) is 3.41. The van der Waals surface area contributed by atoms with E-state index in [2.05, 4.69) is 0 Å². The Kier molecular flexibility index (Phi) is 4.61. The van der Waals surface area contributed by atoms with Crippen LogP contribution in [0, 0.1) is 6.92 Å². The summed E-state index contributed by atoms with van der Waals surface area (Å²) in [5, 5.41) is 0.428. The minimum absolute atomic E-state index is 0.0588. The van der Waals surface area contributed by atoms with Gasteiger partial charge in [0.2, 0.25) is 5.76 Å². The quantitative estimate of drug-likeness (QED) is 0.532. The number of ether oxygens (including phenoxy) is 2. The van der Waals surface area contributed by atoms with Crippen LogP contribution in [-0.4, -0.2) is 19.2 Å². The van der Waals surface area contributed by atoms with E-state index in [9.17, 15) is 9.59 Å². The van der Waals surface area contributed by atoms with Gasteiger partial charge >= 0.3 is 5.97 Å². The fraction of sp³-hybridized carbons (Fsp3) is 0.158. The van der Waals surface area contributed by atoms with Crippen molar-refractivity contribution in [2.24, 2.45) is 0 Å². The van der Waals surface area contributed by atoms with E-state index in [0.29, 0.717) is 16.7 Å². The van der Waals surface area contributed by atoms with E-state index in [1.807, 2.05) is 31.2 Å². The summed E-state index contributed by atoms with van der Waals surface area (Å²) in [6, 6.07) is 15.5. The molecule has 0 fully saturated rings. The van der Waals surface area contributed by atoms with Crippen molar-refractivity contribution < 1.29 is 18.7 Å². The lowest BCUT2D eigenvalue weighted by molar-refractivity contribution is 0.0415. The van der Waals surface area contributed by atoms with Crippen LogP contribution in [0.5, 0.6) is 5.75 Å². The van der Waals surface area contributed by atoms with Crippen molar-refractivity contribution in [2.45, 2.75) is 6.92 Å². The van der Waals surface area contributed by atoms with Gasteiger partial charge in [0, 0.05) is 6.07 Å². The predicted molar refractivity (Wildman–Crippen MR) is 89.4 cm³/mol. The molecule has 1 aromatic heterocycles. The van der Waals surface area contributed by atoms with Gasteiger partial charge in [0.25, 0.3) is 0 Å². The number of benzene rings is 2. The molecule has 0 aliphatic rings. The van der Waals surface area contributed by atoms with Gasteiger partial charge in [-0.1, -0.05) is 24.3 Å². The molecule has 5 nitrogen and oxygen atoms in total. The fourth-order valence-electron chi connectivity index (χ4n) is 2.27. The highest BCUT2D eigenvalue weighted by Gasteiger charge is 2.13. The molecule has 3 aromatic rings. The van der Waals surface area contributed by atoms with Crippen molar-refractivity contribution in [2.75, 3.05) is 13.2 Å². The van der Waals surface area contributed by atoms with E-state index in [-0.39, 0.29) is 24.4 Å². The summed E-state index contributed by atoms with van der Waals surface area (Å²) in [6.07, 6.45) is 0. The summed E-state index contributed by atoms with van der Waals surface area (Å²) in [7, 11) is 0. The molecule has 0 spiro atoms. The number of carbonyl (C=O) groups excluding carboxylic acids is 1. The van der Waals surface area contributed by atoms with Gasteiger partial charge in [-0.15, -0.1) is 0 Å². The molecular weight excluding hydrogens is 308 g/mol. The average molecular weight is 324 g/mol. The maximum absolute atomic E-state index is 12.0. The van der Waals surface area contributed by atoms with Crippen molar-refractivity contribution in [1.29, 1.82) is 0 Å². The number of fused-ring (bicyclic) bond motifs is 1. The fourth-order valence-corrected chi connectivity index (χ4v) is 2.27. The number of esters is 1.